The van der Waals surface area contributed by atoms with Crippen LogP contribution in [0.5, 0.6) is 11.5 Å². The van der Waals surface area contributed by atoms with Gasteiger partial charge in [0.25, 0.3) is 0 Å². The second-order valence-electron chi connectivity index (χ2n) is 7.58. The minimum absolute atomic E-state index is 0.170. The molecule has 0 bridgehead atoms. The highest BCUT2D eigenvalue weighted by Crippen LogP contribution is 2.37. The van der Waals surface area contributed by atoms with Crippen molar-refractivity contribution in [2.24, 2.45) is 5.10 Å². The minimum atomic E-state index is -0.170. The summed E-state index contributed by atoms with van der Waals surface area (Å²) in [7, 11) is 0. The molecule has 0 atom stereocenters. The smallest absolute Gasteiger partial charge is 0.244 e. The van der Waals surface area contributed by atoms with Crippen molar-refractivity contribution in [1.29, 1.82) is 0 Å². The molecule has 0 radical (unpaired) electrons. The molecule has 3 rings (SSSR count). The minimum Gasteiger partial charge on any atom is -0.490 e. The van der Waals surface area contributed by atoms with Gasteiger partial charge in [0.15, 0.2) is 11.5 Å². The Bertz CT molecular complexity index is 1150. The van der Waals surface area contributed by atoms with Crippen LogP contribution in [0.3, 0.4) is 0 Å². The van der Waals surface area contributed by atoms with Crippen LogP contribution in [-0.4, -0.2) is 18.7 Å². The largest absolute Gasteiger partial charge is 0.490 e. The van der Waals surface area contributed by atoms with Gasteiger partial charge in [0.1, 0.15) is 6.61 Å². The third-order valence-electron chi connectivity index (χ3n) is 4.88. The van der Waals surface area contributed by atoms with Gasteiger partial charge >= 0.3 is 0 Å². The van der Waals surface area contributed by atoms with E-state index in [1.807, 2.05) is 69.3 Å². The summed E-state index contributed by atoms with van der Waals surface area (Å²) in [4.78, 5) is 12.3. The number of hydrogen-bond donors (Lipinski definition) is 1. The summed E-state index contributed by atoms with van der Waals surface area (Å²) in [5, 5.41) is 4.11. The van der Waals surface area contributed by atoms with Crippen LogP contribution in [0.1, 0.15) is 34.7 Å². The van der Waals surface area contributed by atoms with Crippen molar-refractivity contribution in [2.45, 2.75) is 33.8 Å². The van der Waals surface area contributed by atoms with E-state index in [1.54, 1.807) is 6.21 Å². The van der Waals surface area contributed by atoms with E-state index >= 15 is 0 Å². The average Bonchev–Trinajstić information content (AvgIpc) is 2.76. The third kappa shape index (κ3) is 7.44. The summed E-state index contributed by atoms with van der Waals surface area (Å²) >= 11 is 7.01. The molecule has 0 unspecified atom stereocenters. The standard InChI is InChI=1S/C26H26Br2N2O3/c1-4-32-24-13-20(12-23(28)26(24)33-16-19-6-9-22(27)10-7-19)15-29-30-25(31)14-21-8-5-17(2)11-18(21)3/h5-13,15H,4,14,16H2,1-3H3,(H,30,31)/b29-15+. The fourth-order valence-corrected chi connectivity index (χ4v) is 4.08. The molecular formula is C26H26Br2N2O3. The molecule has 3 aromatic rings. The van der Waals surface area contributed by atoms with Crippen molar-refractivity contribution < 1.29 is 14.3 Å². The molecule has 0 aromatic heterocycles. The molecule has 1 amide bonds. The van der Waals surface area contributed by atoms with E-state index in [2.05, 4.69) is 48.5 Å². The number of halogens is 2. The number of ether oxygens (including phenoxy) is 2. The van der Waals surface area contributed by atoms with Crippen molar-refractivity contribution in [3.63, 3.8) is 0 Å². The predicted molar refractivity (Wildman–Crippen MR) is 139 cm³/mol. The SMILES string of the molecule is CCOc1cc(/C=N/NC(=O)Cc2ccc(C)cc2C)cc(Br)c1OCc1ccc(Br)cc1. The Hall–Kier alpha value is -2.64. The van der Waals surface area contributed by atoms with Crippen LogP contribution in [0.25, 0.3) is 0 Å². The van der Waals surface area contributed by atoms with Crippen molar-refractivity contribution in [1.82, 2.24) is 5.43 Å². The van der Waals surface area contributed by atoms with Gasteiger partial charge in [0, 0.05) is 4.47 Å². The van der Waals surface area contributed by atoms with Gasteiger partial charge in [0.05, 0.1) is 23.7 Å². The molecule has 0 heterocycles. The van der Waals surface area contributed by atoms with Crippen molar-refractivity contribution >= 4 is 44.0 Å². The number of nitrogens with one attached hydrogen (secondary N) is 1. The van der Waals surface area contributed by atoms with Gasteiger partial charge in [-0.2, -0.15) is 5.10 Å². The van der Waals surface area contributed by atoms with E-state index in [9.17, 15) is 4.79 Å². The first-order valence-electron chi connectivity index (χ1n) is 10.6. The molecule has 1 N–H and O–H groups in total. The highest BCUT2D eigenvalue weighted by molar-refractivity contribution is 9.10. The van der Waals surface area contributed by atoms with E-state index in [4.69, 9.17) is 9.47 Å². The molecule has 0 fully saturated rings. The number of nitrogens with zero attached hydrogens (tertiary/aromatic N) is 1. The molecule has 0 aliphatic rings. The van der Waals surface area contributed by atoms with Gasteiger partial charge < -0.3 is 9.47 Å². The maximum absolute atomic E-state index is 12.3. The number of amides is 1. The molecule has 5 nitrogen and oxygen atoms in total. The summed E-state index contributed by atoms with van der Waals surface area (Å²) in [5.41, 5.74) is 7.67. The van der Waals surface area contributed by atoms with Crippen molar-refractivity contribution in [2.75, 3.05) is 6.61 Å². The van der Waals surface area contributed by atoms with E-state index in [0.29, 0.717) is 24.7 Å². The zero-order chi connectivity index (χ0) is 23.8. The molecule has 33 heavy (non-hydrogen) atoms. The molecule has 0 aliphatic carbocycles. The maximum Gasteiger partial charge on any atom is 0.244 e. The van der Waals surface area contributed by atoms with Gasteiger partial charge in [-0.1, -0.05) is 51.8 Å². The van der Waals surface area contributed by atoms with Crippen LogP contribution < -0.4 is 14.9 Å². The number of carbonyl (C=O) groups is 1. The zero-order valence-electron chi connectivity index (χ0n) is 18.8. The number of benzene rings is 3. The average molecular weight is 574 g/mol. The van der Waals surface area contributed by atoms with Gasteiger partial charge in [-0.25, -0.2) is 5.43 Å². The number of rotatable bonds is 9. The van der Waals surface area contributed by atoms with Crippen LogP contribution >= 0.6 is 31.9 Å². The van der Waals surface area contributed by atoms with Gasteiger partial charge in [-0.15, -0.1) is 0 Å². The number of carbonyl (C=O) groups excluding carboxylic acids is 1. The molecule has 0 aliphatic heterocycles. The topological polar surface area (TPSA) is 59.9 Å². The third-order valence-corrected chi connectivity index (χ3v) is 6.00. The Balaban J connectivity index is 1.66. The lowest BCUT2D eigenvalue weighted by Gasteiger charge is -2.14. The lowest BCUT2D eigenvalue weighted by atomic mass is 10.0. The molecule has 172 valence electrons. The number of aryl methyl sites for hydroxylation is 2. The van der Waals surface area contributed by atoms with Gasteiger partial charge in [-0.05, 0) is 83.2 Å². The molecular weight excluding hydrogens is 548 g/mol. The molecule has 0 saturated heterocycles. The van der Waals surface area contributed by atoms with E-state index in [1.165, 1.54) is 5.56 Å². The summed E-state index contributed by atoms with van der Waals surface area (Å²) in [6, 6.07) is 17.7. The summed E-state index contributed by atoms with van der Waals surface area (Å²) in [5.74, 6) is 1.06. The van der Waals surface area contributed by atoms with Gasteiger partial charge in [0.2, 0.25) is 5.91 Å². The second-order valence-corrected chi connectivity index (χ2v) is 9.35. The van der Waals surface area contributed by atoms with Crippen LogP contribution in [-0.2, 0) is 17.8 Å². The van der Waals surface area contributed by atoms with Crippen LogP contribution in [0.15, 0.2) is 68.6 Å². The Morgan fingerprint density at radius 1 is 1.03 bits per heavy atom. The second kappa shape index (κ2) is 12.0. The highest BCUT2D eigenvalue weighted by Gasteiger charge is 2.12. The Kier molecular flexibility index (Phi) is 9.09. The van der Waals surface area contributed by atoms with E-state index in [0.717, 1.165) is 31.2 Å². The number of hydrogen-bond acceptors (Lipinski definition) is 4. The summed E-state index contributed by atoms with van der Waals surface area (Å²) in [6.07, 6.45) is 1.87. The first-order valence-corrected chi connectivity index (χ1v) is 12.2. The van der Waals surface area contributed by atoms with Gasteiger partial charge in [-0.3, -0.25) is 4.79 Å². The molecule has 3 aromatic carbocycles. The normalized spacial score (nSPS) is 10.9. The molecule has 0 spiro atoms. The number of hydrazone groups is 1. The van der Waals surface area contributed by atoms with Crippen molar-refractivity contribution in [3.05, 3.63) is 91.4 Å². The monoisotopic (exact) mass is 572 g/mol. The summed E-state index contributed by atoms with van der Waals surface area (Å²) < 4.78 is 13.6. The fourth-order valence-electron chi connectivity index (χ4n) is 3.24. The Morgan fingerprint density at radius 2 is 1.79 bits per heavy atom. The molecule has 7 heteroatoms. The Morgan fingerprint density at radius 3 is 2.48 bits per heavy atom. The maximum atomic E-state index is 12.3. The first-order chi connectivity index (χ1) is 15.9. The van der Waals surface area contributed by atoms with Crippen molar-refractivity contribution in [3.8, 4) is 11.5 Å². The summed E-state index contributed by atoms with van der Waals surface area (Å²) in [6.45, 7) is 6.86. The highest BCUT2D eigenvalue weighted by atomic mass is 79.9. The van der Waals surface area contributed by atoms with Crippen LogP contribution in [0.4, 0.5) is 0 Å². The van der Waals surface area contributed by atoms with E-state index < -0.39 is 0 Å². The van der Waals surface area contributed by atoms with E-state index in [-0.39, 0.29) is 12.3 Å². The van der Waals surface area contributed by atoms with Crippen LogP contribution in [0.2, 0.25) is 0 Å². The fraction of sp³-hybridized carbons (Fsp3) is 0.231. The predicted octanol–water partition coefficient (Wildman–Crippen LogP) is 6.50. The molecule has 0 saturated carbocycles. The Labute approximate surface area is 211 Å². The van der Waals surface area contributed by atoms with Crippen LogP contribution in [0, 0.1) is 13.8 Å². The first kappa shape index (κ1) is 25.0. The quantitative estimate of drug-likeness (QED) is 0.235. The lowest BCUT2D eigenvalue weighted by molar-refractivity contribution is -0.120. The zero-order valence-corrected chi connectivity index (χ0v) is 22.0. The lowest BCUT2D eigenvalue weighted by Crippen LogP contribution is -2.20.